The highest BCUT2D eigenvalue weighted by Crippen LogP contribution is 2.37. The molecule has 0 aromatic heterocycles. The Morgan fingerprint density at radius 1 is 1.10 bits per heavy atom. The van der Waals surface area contributed by atoms with Crippen LogP contribution in [0.15, 0.2) is 23.1 Å². The quantitative estimate of drug-likeness (QED) is 0.561. The van der Waals surface area contributed by atoms with Crippen LogP contribution in [0.2, 0.25) is 0 Å². The third-order valence-corrected chi connectivity index (χ3v) is 8.13. The first-order valence-corrected chi connectivity index (χ1v) is 13.5. The summed E-state index contributed by atoms with van der Waals surface area (Å²) in [5.41, 5.74) is 7.12. The van der Waals surface area contributed by atoms with Crippen molar-refractivity contribution in [3.05, 3.63) is 23.8 Å². The molecule has 1 heterocycles. The number of thioether (sulfide) groups is 1. The van der Waals surface area contributed by atoms with Crippen LogP contribution in [0.25, 0.3) is 0 Å². The zero-order valence-electron chi connectivity index (χ0n) is 19.7. The van der Waals surface area contributed by atoms with Crippen LogP contribution in [-0.2, 0) is 6.42 Å². The van der Waals surface area contributed by atoms with Crippen molar-refractivity contribution < 1.29 is 9.84 Å². The van der Waals surface area contributed by atoms with Crippen molar-refractivity contribution in [2.24, 2.45) is 17.6 Å². The van der Waals surface area contributed by atoms with Crippen LogP contribution in [0.4, 0.5) is 0 Å². The van der Waals surface area contributed by atoms with Crippen LogP contribution in [-0.4, -0.2) is 42.2 Å². The Morgan fingerprint density at radius 2 is 1.87 bits per heavy atom. The van der Waals surface area contributed by atoms with Gasteiger partial charge in [-0.05, 0) is 67.7 Å². The third-order valence-electron chi connectivity index (χ3n) is 6.88. The predicted octanol–water partition coefficient (Wildman–Crippen LogP) is 5.16. The van der Waals surface area contributed by atoms with E-state index in [-0.39, 0.29) is 0 Å². The number of nitrogens with one attached hydrogen (secondary N) is 1. The lowest BCUT2D eigenvalue weighted by atomic mass is 9.87. The number of nitrogens with two attached hydrogens (primary N) is 1. The van der Waals surface area contributed by atoms with Gasteiger partial charge >= 0.3 is 0 Å². The van der Waals surface area contributed by atoms with E-state index in [1.54, 1.807) is 0 Å². The average molecular weight is 449 g/mol. The number of hydrogen-bond donors (Lipinski definition) is 3. The van der Waals surface area contributed by atoms with Gasteiger partial charge in [0.1, 0.15) is 18.5 Å². The highest BCUT2D eigenvalue weighted by Gasteiger charge is 2.20. The second-order valence-corrected chi connectivity index (χ2v) is 11.2. The van der Waals surface area contributed by atoms with E-state index in [2.05, 4.69) is 31.3 Å². The molecule has 176 valence electrons. The maximum Gasteiger partial charge on any atom is 0.133 e. The molecule has 0 radical (unpaired) electrons. The first kappa shape index (κ1) is 24.9. The number of fused-ring (bicyclic) bond motifs is 1. The van der Waals surface area contributed by atoms with Gasteiger partial charge in [0.05, 0.1) is 4.90 Å². The molecule has 31 heavy (non-hydrogen) atoms. The van der Waals surface area contributed by atoms with Gasteiger partial charge in [0, 0.05) is 18.6 Å². The SMILES string of the molecule is CC1CCCC(N)C1.CC1CCCC(NCC(O)COc2cccc3c2SCCC3)C1. The first-order chi connectivity index (χ1) is 15.0. The normalized spacial score (nSPS) is 29.3. The van der Waals surface area contributed by atoms with E-state index in [9.17, 15) is 5.11 Å². The minimum absolute atomic E-state index is 0.367. The van der Waals surface area contributed by atoms with Crippen molar-refractivity contribution in [3.8, 4) is 5.75 Å². The van der Waals surface area contributed by atoms with Gasteiger partial charge in [0.25, 0.3) is 0 Å². The summed E-state index contributed by atoms with van der Waals surface area (Å²) in [6, 6.07) is 7.36. The molecule has 2 saturated carbocycles. The Bertz CT molecular complexity index is 648. The molecule has 4 nitrogen and oxygen atoms in total. The molecule has 5 heteroatoms. The lowest BCUT2D eigenvalue weighted by Crippen LogP contribution is -2.40. The summed E-state index contributed by atoms with van der Waals surface area (Å²) in [5.74, 6) is 3.80. The minimum atomic E-state index is -0.448. The Hall–Kier alpha value is -0.750. The highest BCUT2D eigenvalue weighted by molar-refractivity contribution is 7.99. The van der Waals surface area contributed by atoms with E-state index in [4.69, 9.17) is 10.5 Å². The van der Waals surface area contributed by atoms with Crippen molar-refractivity contribution in [1.29, 1.82) is 0 Å². The molecule has 4 N–H and O–H groups in total. The number of rotatable bonds is 6. The fourth-order valence-corrected chi connectivity index (χ4v) is 6.24. The molecule has 0 spiro atoms. The van der Waals surface area contributed by atoms with E-state index in [0.717, 1.165) is 29.8 Å². The second-order valence-electron chi connectivity index (χ2n) is 10.1. The lowest BCUT2D eigenvalue weighted by Gasteiger charge is -2.28. The number of ether oxygens (including phenoxy) is 1. The van der Waals surface area contributed by atoms with Crippen LogP contribution in [0.3, 0.4) is 0 Å². The summed E-state index contributed by atoms with van der Waals surface area (Å²) in [7, 11) is 0. The molecule has 4 rings (SSSR count). The summed E-state index contributed by atoms with van der Waals surface area (Å²) < 4.78 is 5.92. The fourth-order valence-electron chi connectivity index (χ4n) is 5.12. The molecule has 1 aliphatic heterocycles. The van der Waals surface area contributed by atoms with E-state index in [0.29, 0.717) is 25.2 Å². The molecule has 1 aromatic carbocycles. The Morgan fingerprint density at radius 3 is 2.58 bits per heavy atom. The van der Waals surface area contributed by atoms with Gasteiger partial charge in [-0.2, -0.15) is 0 Å². The third kappa shape index (κ3) is 8.60. The second kappa shape index (κ2) is 13.1. The summed E-state index contributed by atoms with van der Waals surface area (Å²) in [5, 5.41) is 13.7. The van der Waals surface area contributed by atoms with Gasteiger partial charge in [-0.3, -0.25) is 0 Å². The van der Waals surface area contributed by atoms with Crippen LogP contribution >= 0.6 is 11.8 Å². The number of aliphatic hydroxyl groups excluding tert-OH is 1. The Kier molecular flexibility index (Phi) is 10.5. The number of aliphatic hydroxyl groups is 1. The van der Waals surface area contributed by atoms with Crippen LogP contribution in [0.1, 0.15) is 77.2 Å². The van der Waals surface area contributed by atoms with Crippen molar-refractivity contribution in [3.63, 3.8) is 0 Å². The van der Waals surface area contributed by atoms with Crippen molar-refractivity contribution >= 4 is 11.8 Å². The van der Waals surface area contributed by atoms with Crippen molar-refractivity contribution in [2.75, 3.05) is 18.9 Å². The van der Waals surface area contributed by atoms with E-state index in [1.165, 1.54) is 68.2 Å². The minimum Gasteiger partial charge on any atom is -0.490 e. The van der Waals surface area contributed by atoms with Crippen LogP contribution in [0.5, 0.6) is 5.75 Å². The molecule has 1 aromatic rings. The van der Waals surface area contributed by atoms with Gasteiger partial charge in [0.15, 0.2) is 0 Å². The largest absolute Gasteiger partial charge is 0.490 e. The molecule has 5 atom stereocenters. The molecule has 2 fully saturated rings. The van der Waals surface area contributed by atoms with Gasteiger partial charge in [-0.25, -0.2) is 0 Å². The smallest absolute Gasteiger partial charge is 0.133 e. The van der Waals surface area contributed by atoms with E-state index < -0.39 is 6.10 Å². The molecule has 3 aliphatic rings. The lowest BCUT2D eigenvalue weighted by molar-refractivity contribution is 0.0989. The number of aryl methyl sites for hydroxylation is 1. The Balaban J connectivity index is 0.000000287. The molecule has 5 unspecified atom stereocenters. The summed E-state index contributed by atoms with van der Waals surface area (Å²) >= 11 is 1.88. The molecule has 0 amide bonds. The molecule has 0 bridgehead atoms. The predicted molar refractivity (Wildman–Crippen MR) is 132 cm³/mol. The number of benzene rings is 1. The highest BCUT2D eigenvalue weighted by atomic mass is 32.2. The van der Waals surface area contributed by atoms with Crippen LogP contribution < -0.4 is 15.8 Å². The summed E-state index contributed by atoms with van der Waals surface area (Å²) in [4.78, 5) is 1.28. The topological polar surface area (TPSA) is 67.5 Å². The average Bonchev–Trinajstić information content (AvgIpc) is 2.76. The molecule has 2 aliphatic carbocycles. The Labute approximate surface area is 194 Å². The maximum absolute atomic E-state index is 10.2. The molecular weight excluding hydrogens is 404 g/mol. The maximum atomic E-state index is 10.2. The van der Waals surface area contributed by atoms with Gasteiger partial charge < -0.3 is 20.9 Å². The first-order valence-electron chi connectivity index (χ1n) is 12.6. The monoisotopic (exact) mass is 448 g/mol. The van der Waals surface area contributed by atoms with E-state index in [1.807, 2.05) is 17.8 Å². The van der Waals surface area contributed by atoms with Crippen molar-refractivity contribution in [1.82, 2.24) is 5.32 Å². The van der Waals surface area contributed by atoms with Gasteiger partial charge in [-0.1, -0.05) is 51.7 Å². The summed E-state index contributed by atoms with van der Waals surface area (Å²) in [6.45, 7) is 5.61. The molecule has 0 saturated heterocycles. The fraction of sp³-hybridized carbons (Fsp3) is 0.769. The van der Waals surface area contributed by atoms with E-state index >= 15 is 0 Å². The number of hydrogen-bond acceptors (Lipinski definition) is 5. The van der Waals surface area contributed by atoms with Gasteiger partial charge in [-0.15, -0.1) is 11.8 Å². The zero-order chi connectivity index (χ0) is 22.1. The van der Waals surface area contributed by atoms with Crippen molar-refractivity contribution in [2.45, 2.75) is 101 Å². The van der Waals surface area contributed by atoms with Gasteiger partial charge in [0.2, 0.25) is 0 Å². The summed E-state index contributed by atoms with van der Waals surface area (Å²) in [6.07, 6.45) is 12.3. The molecular formula is C26H44N2O2S. The zero-order valence-corrected chi connectivity index (χ0v) is 20.5. The standard InChI is InChI=1S/C19H29NO2S.C7H15N/c1-14-5-2-8-16(11-14)20-12-17(21)13-22-18-9-3-6-15-7-4-10-23-19(15)18;1-6-3-2-4-7(8)5-6/h3,6,9,14,16-17,20-21H,2,4-5,7-8,10-13H2,1H3;6-7H,2-5,8H2,1H3. The van der Waals surface area contributed by atoms with Crippen LogP contribution in [0, 0.1) is 11.8 Å².